The quantitative estimate of drug-likeness (QED) is 0.767. The van der Waals surface area contributed by atoms with Gasteiger partial charge < -0.3 is 14.6 Å². The van der Waals surface area contributed by atoms with Crippen molar-refractivity contribution in [1.82, 2.24) is 0 Å². The summed E-state index contributed by atoms with van der Waals surface area (Å²) >= 11 is 0. The van der Waals surface area contributed by atoms with Crippen molar-refractivity contribution in [3.05, 3.63) is 29.3 Å². The molecule has 0 fully saturated rings. The zero-order valence-electron chi connectivity index (χ0n) is 9.28. The summed E-state index contributed by atoms with van der Waals surface area (Å²) in [6.07, 6.45) is 0.772. The number of hydrogen-bond donors (Lipinski definition) is 1. The molecule has 0 amide bonds. The Hall–Kier alpha value is -1.35. The first-order valence-electron chi connectivity index (χ1n) is 4.82. The van der Waals surface area contributed by atoms with E-state index >= 15 is 0 Å². The van der Waals surface area contributed by atoms with E-state index in [0.717, 1.165) is 5.56 Å². The van der Waals surface area contributed by atoms with E-state index in [1.807, 2.05) is 19.1 Å². The molecule has 82 valence electrons. The third-order valence-corrected chi connectivity index (χ3v) is 2.42. The Balaban J connectivity index is 3.20. The molecule has 1 N–H and O–H groups in total. The molecule has 3 heteroatoms. The highest BCUT2D eigenvalue weighted by molar-refractivity contribution is 5.54. The monoisotopic (exact) mass is 208 g/mol. The average molecular weight is 208 g/mol. The van der Waals surface area contributed by atoms with Gasteiger partial charge in [-0.05, 0) is 26.0 Å². The summed E-state index contributed by atoms with van der Waals surface area (Å²) in [6, 6.07) is 5.53. The number of benzene rings is 1. The van der Waals surface area contributed by atoms with E-state index in [-0.39, 0.29) is 6.42 Å². The SMILES string of the molecule is COc1ccc(C)cc1C(C)(O)CC=O. The molecule has 0 aliphatic heterocycles. The first-order valence-corrected chi connectivity index (χ1v) is 4.82. The summed E-state index contributed by atoms with van der Waals surface area (Å²) in [4.78, 5) is 10.5. The Morgan fingerprint density at radius 3 is 2.73 bits per heavy atom. The lowest BCUT2D eigenvalue weighted by molar-refractivity contribution is -0.112. The molecule has 1 atom stereocenters. The van der Waals surface area contributed by atoms with Gasteiger partial charge in [-0.25, -0.2) is 0 Å². The van der Waals surface area contributed by atoms with Gasteiger partial charge in [-0.2, -0.15) is 0 Å². The number of methoxy groups -OCH3 is 1. The van der Waals surface area contributed by atoms with Crippen molar-refractivity contribution in [2.45, 2.75) is 25.9 Å². The van der Waals surface area contributed by atoms with Crippen LogP contribution in [-0.4, -0.2) is 18.5 Å². The molecule has 0 aliphatic carbocycles. The first-order chi connectivity index (χ1) is 7.01. The van der Waals surface area contributed by atoms with Crippen LogP contribution in [0.15, 0.2) is 18.2 Å². The average Bonchev–Trinajstić information content (AvgIpc) is 2.17. The maximum absolute atomic E-state index is 10.5. The number of aryl methyl sites for hydroxylation is 1. The van der Waals surface area contributed by atoms with Crippen molar-refractivity contribution in [2.24, 2.45) is 0 Å². The van der Waals surface area contributed by atoms with E-state index in [0.29, 0.717) is 17.6 Å². The summed E-state index contributed by atoms with van der Waals surface area (Å²) in [6.45, 7) is 3.54. The second-order valence-corrected chi connectivity index (χ2v) is 3.85. The minimum atomic E-state index is -1.17. The molecule has 15 heavy (non-hydrogen) atoms. The van der Waals surface area contributed by atoms with Gasteiger partial charge in [0.15, 0.2) is 0 Å². The van der Waals surface area contributed by atoms with Crippen LogP contribution in [0.25, 0.3) is 0 Å². The number of hydrogen-bond acceptors (Lipinski definition) is 3. The van der Waals surface area contributed by atoms with Crippen LogP contribution in [0.3, 0.4) is 0 Å². The van der Waals surface area contributed by atoms with Crippen LogP contribution in [0.4, 0.5) is 0 Å². The molecule has 0 saturated heterocycles. The molecule has 3 nitrogen and oxygen atoms in total. The molecule has 0 radical (unpaired) electrons. The Morgan fingerprint density at radius 2 is 2.20 bits per heavy atom. The van der Waals surface area contributed by atoms with Crippen molar-refractivity contribution >= 4 is 6.29 Å². The number of carbonyl (C=O) groups is 1. The largest absolute Gasteiger partial charge is 0.496 e. The highest BCUT2D eigenvalue weighted by atomic mass is 16.5. The zero-order valence-corrected chi connectivity index (χ0v) is 9.28. The summed E-state index contributed by atoms with van der Waals surface area (Å²) in [5.74, 6) is 0.604. The van der Waals surface area contributed by atoms with Crippen LogP contribution in [-0.2, 0) is 10.4 Å². The second-order valence-electron chi connectivity index (χ2n) is 3.85. The smallest absolute Gasteiger partial charge is 0.124 e. The van der Waals surface area contributed by atoms with Crippen molar-refractivity contribution in [1.29, 1.82) is 0 Å². The fraction of sp³-hybridized carbons (Fsp3) is 0.417. The highest BCUT2D eigenvalue weighted by Crippen LogP contribution is 2.32. The predicted molar refractivity (Wildman–Crippen MR) is 58.0 cm³/mol. The van der Waals surface area contributed by atoms with Gasteiger partial charge in [-0.1, -0.05) is 11.6 Å². The van der Waals surface area contributed by atoms with Crippen LogP contribution in [0.1, 0.15) is 24.5 Å². The Morgan fingerprint density at radius 1 is 1.53 bits per heavy atom. The Bertz CT molecular complexity index is 356. The third kappa shape index (κ3) is 2.57. The molecule has 0 bridgehead atoms. The van der Waals surface area contributed by atoms with E-state index in [1.54, 1.807) is 20.1 Å². The number of carbonyl (C=O) groups excluding carboxylic acids is 1. The predicted octanol–water partition coefficient (Wildman–Crippen LogP) is 1.80. The second kappa shape index (κ2) is 4.45. The van der Waals surface area contributed by atoms with E-state index in [1.165, 1.54) is 0 Å². The van der Waals surface area contributed by atoms with Crippen molar-refractivity contribution < 1.29 is 14.6 Å². The van der Waals surface area contributed by atoms with Gasteiger partial charge in [-0.15, -0.1) is 0 Å². The minimum Gasteiger partial charge on any atom is -0.496 e. The summed E-state index contributed by atoms with van der Waals surface area (Å²) in [7, 11) is 1.55. The van der Waals surface area contributed by atoms with E-state index in [4.69, 9.17) is 4.74 Å². The molecular weight excluding hydrogens is 192 g/mol. The molecule has 0 heterocycles. The summed E-state index contributed by atoms with van der Waals surface area (Å²) in [5, 5.41) is 10.1. The van der Waals surface area contributed by atoms with Gasteiger partial charge >= 0.3 is 0 Å². The van der Waals surface area contributed by atoms with Crippen LogP contribution in [0, 0.1) is 6.92 Å². The van der Waals surface area contributed by atoms with Crippen molar-refractivity contribution in [3.8, 4) is 5.75 Å². The maximum atomic E-state index is 10.5. The molecule has 0 spiro atoms. The van der Waals surface area contributed by atoms with E-state index < -0.39 is 5.60 Å². The molecule has 1 aromatic rings. The van der Waals surface area contributed by atoms with E-state index in [2.05, 4.69) is 0 Å². The highest BCUT2D eigenvalue weighted by Gasteiger charge is 2.26. The molecule has 1 aromatic carbocycles. The van der Waals surface area contributed by atoms with Gasteiger partial charge in [0.25, 0.3) is 0 Å². The molecule has 1 unspecified atom stereocenters. The standard InChI is InChI=1S/C12H16O3/c1-9-4-5-11(15-3)10(8-9)12(2,14)6-7-13/h4-5,7-8,14H,6H2,1-3H3. The van der Waals surface area contributed by atoms with Crippen LogP contribution < -0.4 is 4.74 Å². The molecular formula is C12H16O3. The Labute approximate surface area is 89.7 Å². The fourth-order valence-electron chi connectivity index (χ4n) is 1.51. The van der Waals surface area contributed by atoms with Gasteiger partial charge in [0.2, 0.25) is 0 Å². The molecule has 0 aromatic heterocycles. The third-order valence-electron chi connectivity index (χ3n) is 2.42. The van der Waals surface area contributed by atoms with Crippen LogP contribution >= 0.6 is 0 Å². The first kappa shape index (κ1) is 11.7. The lowest BCUT2D eigenvalue weighted by Gasteiger charge is -2.23. The lowest BCUT2D eigenvalue weighted by atomic mass is 9.91. The lowest BCUT2D eigenvalue weighted by Crippen LogP contribution is -2.22. The van der Waals surface area contributed by atoms with E-state index in [9.17, 15) is 9.90 Å². The summed E-state index contributed by atoms with van der Waals surface area (Å²) < 4.78 is 5.16. The normalized spacial score (nSPS) is 14.4. The van der Waals surface area contributed by atoms with Gasteiger partial charge in [-0.3, -0.25) is 0 Å². The topological polar surface area (TPSA) is 46.5 Å². The van der Waals surface area contributed by atoms with Crippen molar-refractivity contribution in [3.63, 3.8) is 0 Å². The number of aliphatic hydroxyl groups is 1. The van der Waals surface area contributed by atoms with Gasteiger partial charge in [0.1, 0.15) is 12.0 Å². The zero-order chi connectivity index (χ0) is 11.5. The van der Waals surface area contributed by atoms with Gasteiger partial charge in [0.05, 0.1) is 12.7 Å². The van der Waals surface area contributed by atoms with Crippen molar-refractivity contribution in [2.75, 3.05) is 7.11 Å². The van der Waals surface area contributed by atoms with Crippen LogP contribution in [0.2, 0.25) is 0 Å². The molecule has 0 aliphatic rings. The fourth-order valence-corrected chi connectivity index (χ4v) is 1.51. The maximum Gasteiger partial charge on any atom is 0.124 e. The number of ether oxygens (including phenoxy) is 1. The number of aldehydes is 1. The summed E-state index contributed by atoms with van der Waals surface area (Å²) in [5.41, 5.74) is 0.508. The minimum absolute atomic E-state index is 0.0623. The molecule has 0 saturated carbocycles. The van der Waals surface area contributed by atoms with Gasteiger partial charge in [0, 0.05) is 12.0 Å². The Kier molecular flexibility index (Phi) is 3.48. The van der Waals surface area contributed by atoms with Crippen LogP contribution in [0.5, 0.6) is 5.75 Å². The number of rotatable bonds is 4. The molecule has 1 rings (SSSR count).